The number of ether oxygens (including phenoxy) is 1. The molecule has 0 radical (unpaired) electrons. The van der Waals surface area contributed by atoms with Crippen molar-refractivity contribution in [2.75, 3.05) is 0 Å². The van der Waals surface area contributed by atoms with E-state index in [9.17, 15) is 15.2 Å². The molecule has 2 rings (SSSR count). The van der Waals surface area contributed by atoms with Crippen LogP contribution in [0, 0.1) is 17.0 Å². The third-order valence-electron chi connectivity index (χ3n) is 2.86. The van der Waals surface area contributed by atoms with Crippen molar-refractivity contribution >= 4 is 17.3 Å². The molecule has 0 amide bonds. The summed E-state index contributed by atoms with van der Waals surface area (Å²) in [5, 5.41) is 20.7. The molecule has 0 saturated carbocycles. The number of hydrogen-bond donors (Lipinski definition) is 1. The third-order valence-corrected chi connectivity index (χ3v) is 3.10. The number of hydrogen-bond acceptors (Lipinski definition) is 4. The van der Waals surface area contributed by atoms with Crippen molar-refractivity contribution in [1.29, 1.82) is 0 Å². The highest BCUT2D eigenvalue weighted by atomic mass is 35.5. The van der Waals surface area contributed by atoms with Gasteiger partial charge in [0.25, 0.3) is 5.69 Å². The smallest absolute Gasteiger partial charge is 0.276 e. The van der Waals surface area contributed by atoms with Crippen molar-refractivity contribution in [2.45, 2.75) is 13.5 Å². The second kappa shape index (κ2) is 5.90. The SMILES string of the molecule is Cc1c(Oc2ccc(Cl)cc2CO)cccc1[N+](=O)[O-]. The van der Waals surface area contributed by atoms with Crippen LogP contribution in [0.5, 0.6) is 11.5 Å². The normalized spacial score (nSPS) is 10.3. The molecule has 0 aliphatic carbocycles. The molecule has 0 unspecified atom stereocenters. The Bertz CT molecular complexity index is 658. The number of nitro groups is 1. The maximum Gasteiger partial charge on any atom is 0.276 e. The molecule has 0 aromatic heterocycles. The Labute approximate surface area is 120 Å². The monoisotopic (exact) mass is 293 g/mol. The van der Waals surface area contributed by atoms with Crippen LogP contribution in [0.15, 0.2) is 36.4 Å². The first kappa shape index (κ1) is 14.3. The quantitative estimate of drug-likeness (QED) is 0.686. The average molecular weight is 294 g/mol. The Balaban J connectivity index is 2.40. The number of nitrogens with zero attached hydrogens (tertiary/aromatic N) is 1. The standard InChI is InChI=1S/C14H12ClNO4/c1-9-12(16(18)19)3-2-4-13(9)20-14-6-5-11(15)7-10(14)8-17/h2-7,17H,8H2,1H3. The Morgan fingerprint density at radius 1 is 1.30 bits per heavy atom. The van der Waals surface area contributed by atoms with Crippen LogP contribution in [0.3, 0.4) is 0 Å². The van der Waals surface area contributed by atoms with E-state index < -0.39 is 4.92 Å². The molecule has 0 aliphatic rings. The van der Waals surface area contributed by atoms with Crippen LogP contribution < -0.4 is 4.74 Å². The molecular formula is C14H12ClNO4. The molecule has 6 heteroatoms. The Kier molecular flexibility index (Phi) is 4.22. The van der Waals surface area contributed by atoms with E-state index in [1.807, 2.05) is 0 Å². The van der Waals surface area contributed by atoms with Crippen molar-refractivity contribution in [3.63, 3.8) is 0 Å². The summed E-state index contributed by atoms with van der Waals surface area (Å²) in [6.45, 7) is 1.38. The van der Waals surface area contributed by atoms with Crippen LogP contribution in [0.4, 0.5) is 5.69 Å². The van der Waals surface area contributed by atoms with E-state index in [0.29, 0.717) is 27.6 Å². The number of halogens is 1. The number of rotatable bonds is 4. The molecule has 0 bridgehead atoms. The highest BCUT2D eigenvalue weighted by molar-refractivity contribution is 6.30. The Morgan fingerprint density at radius 3 is 2.70 bits per heavy atom. The molecule has 0 spiro atoms. The minimum Gasteiger partial charge on any atom is -0.456 e. The number of benzene rings is 2. The van der Waals surface area contributed by atoms with Crippen molar-refractivity contribution in [3.05, 3.63) is 62.7 Å². The molecule has 0 heterocycles. The van der Waals surface area contributed by atoms with E-state index >= 15 is 0 Å². The summed E-state index contributed by atoms with van der Waals surface area (Å²) >= 11 is 5.84. The van der Waals surface area contributed by atoms with Gasteiger partial charge in [0.1, 0.15) is 11.5 Å². The van der Waals surface area contributed by atoms with Gasteiger partial charge in [-0.05, 0) is 31.2 Å². The summed E-state index contributed by atoms with van der Waals surface area (Å²) in [6.07, 6.45) is 0. The van der Waals surface area contributed by atoms with E-state index in [1.165, 1.54) is 6.07 Å². The first-order valence-electron chi connectivity index (χ1n) is 5.84. The number of aliphatic hydroxyl groups excluding tert-OH is 1. The molecular weight excluding hydrogens is 282 g/mol. The Morgan fingerprint density at radius 2 is 2.05 bits per heavy atom. The predicted molar refractivity (Wildman–Crippen MR) is 75.3 cm³/mol. The van der Waals surface area contributed by atoms with Gasteiger partial charge in [-0.15, -0.1) is 0 Å². The lowest BCUT2D eigenvalue weighted by atomic mass is 10.1. The zero-order valence-corrected chi connectivity index (χ0v) is 11.4. The lowest BCUT2D eigenvalue weighted by Crippen LogP contribution is -1.96. The largest absolute Gasteiger partial charge is 0.456 e. The van der Waals surface area contributed by atoms with Gasteiger partial charge in [-0.25, -0.2) is 0 Å². The average Bonchev–Trinajstić information content (AvgIpc) is 2.42. The summed E-state index contributed by atoms with van der Waals surface area (Å²) in [4.78, 5) is 10.4. The summed E-state index contributed by atoms with van der Waals surface area (Å²) in [5.41, 5.74) is 0.932. The van der Waals surface area contributed by atoms with Crippen LogP contribution in [-0.4, -0.2) is 10.0 Å². The van der Waals surface area contributed by atoms with Gasteiger partial charge in [0.05, 0.1) is 17.1 Å². The molecule has 2 aromatic carbocycles. The van der Waals surface area contributed by atoms with Gasteiger partial charge >= 0.3 is 0 Å². The van der Waals surface area contributed by atoms with E-state index in [-0.39, 0.29) is 12.3 Å². The molecule has 5 nitrogen and oxygen atoms in total. The highest BCUT2D eigenvalue weighted by Gasteiger charge is 2.15. The molecule has 0 saturated heterocycles. The van der Waals surface area contributed by atoms with E-state index in [2.05, 4.69) is 0 Å². The van der Waals surface area contributed by atoms with Crippen molar-refractivity contribution in [2.24, 2.45) is 0 Å². The molecule has 20 heavy (non-hydrogen) atoms. The first-order valence-corrected chi connectivity index (χ1v) is 6.22. The number of aliphatic hydroxyl groups is 1. The lowest BCUT2D eigenvalue weighted by Gasteiger charge is -2.12. The van der Waals surface area contributed by atoms with Gasteiger partial charge in [0, 0.05) is 16.7 Å². The van der Waals surface area contributed by atoms with Crippen molar-refractivity contribution in [1.82, 2.24) is 0 Å². The summed E-state index contributed by atoms with van der Waals surface area (Å²) in [5.74, 6) is 0.789. The minimum absolute atomic E-state index is 0.0120. The first-order chi connectivity index (χ1) is 9.52. The maximum atomic E-state index is 10.9. The van der Waals surface area contributed by atoms with E-state index in [4.69, 9.17) is 16.3 Å². The van der Waals surface area contributed by atoms with Crippen LogP contribution in [0.1, 0.15) is 11.1 Å². The van der Waals surface area contributed by atoms with Gasteiger partial charge in [-0.1, -0.05) is 17.7 Å². The summed E-state index contributed by atoms with van der Waals surface area (Å²) < 4.78 is 5.65. The fourth-order valence-corrected chi connectivity index (χ4v) is 2.00. The van der Waals surface area contributed by atoms with Crippen LogP contribution >= 0.6 is 11.6 Å². The van der Waals surface area contributed by atoms with Crippen LogP contribution in [0.25, 0.3) is 0 Å². The molecule has 0 fully saturated rings. The van der Waals surface area contributed by atoms with Crippen LogP contribution in [-0.2, 0) is 6.61 Å². The summed E-state index contributed by atoms with van der Waals surface area (Å²) in [7, 11) is 0. The minimum atomic E-state index is -0.461. The van der Waals surface area contributed by atoms with Gasteiger partial charge in [0.15, 0.2) is 0 Å². The molecule has 0 atom stereocenters. The number of nitro benzene ring substituents is 1. The zero-order chi connectivity index (χ0) is 14.7. The molecule has 104 valence electrons. The maximum absolute atomic E-state index is 10.9. The third kappa shape index (κ3) is 2.89. The second-order valence-corrected chi connectivity index (χ2v) is 4.61. The van der Waals surface area contributed by atoms with Gasteiger partial charge < -0.3 is 9.84 Å². The fraction of sp³-hybridized carbons (Fsp3) is 0.143. The molecule has 2 aromatic rings. The highest BCUT2D eigenvalue weighted by Crippen LogP contribution is 2.33. The van der Waals surface area contributed by atoms with E-state index in [0.717, 1.165) is 0 Å². The van der Waals surface area contributed by atoms with Gasteiger partial charge in [-0.3, -0.25) is 10.1 Å². The molecule has 0 aliphatic heterocycles. The van der Waals surface area contributed by atoms with Crippen molar-refractivity contribution < 1.29 is 14.8 Å². The Hall–Kier alpha value is -2.11. The summed E-state index contributed by atoms with van der Waals surface area (Å²) in [6, 6.07) is 9.43. The molecule has 1 N–H and O–H groups in total. The van der Waals surface area contributed by atoms with E-state index in [1.54, 1.807) is 37.3 Å². The van der Waals surface area contributed by atoms with Crippen LogP contribution in [0.2, 0.25) is 5.02 Å². The predicted octanol–water partition coefficient (Wildman–Crippen LogP) is 3.84. The topological polar surface area (TPSA) is 72.6 Å². The second-order valence-electron chi connectivity index (χ2n) is 4.17. The van der Waals surface area contributed by atoms with Gasteiger partial charge in [0.2, 0.25) is 0 Å². The lowest BCUT2D eigenvalue weighted by molar-refractivity contribution is -0.385. The van der Waals surface area contributed by atoms with Gasteiger partial charge in [-0.2, -0.15) is 0 Å². The zero-order valence-electron chi connectivity index (χ0n) is 10.7. The fourth-order valence-electron chi connectivity index (χ4n) is 1.80. The van der Waals surface area contributed by atoms with Crippen molar-refractivity contribution in [3.8, 4) is 11.5 Å².